The molecular formula is C13H19N5OS. The van der Waals surface area contributed by atoms with Crippen LogP contribution in [-0.4, -0.2) is 39.1 Å². The molecule has 2 N–H and O–H groups in total. The van der Waals surface area contributed by atoms with Gasteiger partial charge in [-0.05, 0) is 31.8 Å². The summed E-state index contributed by atoms with van der Waals surface area (Å²) in [6.07, 6.45) is 1.96. The van der Waals surface area contributed by atoms with E-state index >= 15 is 0 Å². The van der Waals surface area contributed by atoms with E-state index in [4.69, 9.17) is 5.73 Å². The molecule has 0 aliphatic carbocycles. The highest BCUT2D eigenvalue weighted by atomic mass is 32.1. The topological polar surface area (TPSA) is 76.5 Å². The van der Waals surface area contributed by atoms with Crippen molar-refractivity contribution in [2.75, 3.05) is 19.6 Å². The number of hydrogen-bond acceptors (Lipinski definition) is 6. The summed E-state index contributed by atoms with van der Waals surface area (Å²) in [5.41, 5.74) is 6.45. The lowest BCUT2D eigenvalue weighted by Crippen LogP contribution is -2.25. The van der Waals surface area contributed by atoms with E-state index in [1.807, 2.05) is 6.92 Å². The Morgan fingerprint density at radius 1 is 1.55 bits per heavy atom. The molecule has 2 aromatic rings. The predicted octanol–water partition coefficient (Wildman–Crippen LogP) is 0.494. The van der Waals surface area contributed by atoms with Gasteiger partial charge < -0.3 is 5.73 Å². The van der Waals surface area contributed by atoms with Gasteiger partial charge in [0.15, 0.2) is 0 Å². The maximum absolute atomic E-state index is 12.1. The second kappa shape index (κ2) is 5.59. The summed E-state index contributed by atoms with van der Waals surface area (Å²) in [6, 6.07) is 1.60. The fourth-order valence-corrected chi connectivity index (χ4v) is 3.46. The highest BCUT2D eigenvalue weighted by Gasteiger charge is 2.21. The van der Waals surface area contributed by atoms with E-state index < -0.39 is 0 Å². The summed E-state index contributed by atoms with van der Waals surface area (Å²) >= 11 is 1.49. The summed E-state index contributed by atoms with van der Waals surface area (Å²) in [7, 11) is 0. The van der Waals surface area contributed by atoms with Gasteiger partial charge in [0, 0.05) is 19.2 Å². The Hall–Kier alpha value is -1.31. The van der Waals surface area contributed by atoms with E-state index in [9.17, 15) is 4.79 Å². The Morgan fingerprint density at radius 2 is 2.40 bits per heavy atom. The molecule has 20 heavy (non-hydrogen) atoms. The van der Waals surface area contributed by atoms with Crippen LogP contribution in [0.3, 0.4) is 0 Å². The van der Waals surface area contributed by atoms with Gasteiger partial charge in [-0.25, -0.2) is 4.98 Å². The summed E-state index contributed by atoms with van der Waals surface area (Å²) in [4.78, 5) is 19.6. The van der Waals surface area contributed by atoms with Crippen molar-refractivity contribution < 1.29 is 0 Å². The quantitative estimate of drug-likeness (QED) is 0.888. The van der Waals surface area contributed by atoms with Crippen LogP contribution in [0.1, 0.15) is 24.0 Å². The van der Waals surface area contributed by atoms with Crippen LogP contribution >= 0.6 is 11.3 Å². The van der Waals surface area contributed by atoms with Crippen molar-refractivity contribution in [3.8, 4) is 0 Å². The Balaban J connectivity index is 1.83. The van der Waals surface area contributed by atoms with Gasteiger partial charge in [0.05, 0.1) is 5.69 Å². The molecule has 0 amide bonds. The second-order valence-corrected chi connectivity index (χ2v) is 6.30. The largest absolute Gasteiger partial charge is 0.330 e. The molecule has 3 heterocycles. The summed E-state index contributed by atoms with van der Waals surface area (Å²) in [6.45, 7) is 5.52. The van der Waals surface area contributed by atoms with Crippen LogP contribution in [-0.2, 0) is 13.0 Å². The van der Waals surface area contributed by atoms with Crippen LogP contribution in [0.25, 0.3) is 4.96 Å². The maximum Gasteiger partial charge on any atom is 0.275 e. The number of hydrogen-bond donors (Lipinski definition) is 1. The molecule has 1 fully saturated rings. The van der Waals surface area contributed by atoms with Gasteiger partial charge in [0.25, 0.3) is 5.56 Å². The smallest absolute Gasteiger partial charge is 0.275 e. The molecule has 0 radical (unpaired) electrons. The summed E-state index contributed by atoms with van der Waals surface area (Å²) in [5.74, 6) is 0.579. The minimum atomic E-state index is -0.0875. The van der Waals surface area contributed by atoms with E-state index in [1.54, 1.807) is 6.07 Å². The van der Waals surface area contributed by atoms with Gasteiger partial charge in [-0.3, -0.25) is 9.69 Å². The molecule has 1 unspecified atom stereocenters. The number of aryl methyl sites for hydroxylation is 1. The van der Waals surface area contributed by atoms with Crippen LogP contribution in [0.5, 0.6) is 0 Å². The highest BCUT2D eigenvalue weighted by molar-refractivity contribution is 7.16. The van der Waals surface area contributed by atoms with Crippen molar-refractivity contribution in [1.29, 1.82) is 0 Å². The zero-order valence-electron chi connectivity index (χ0n) is 11.6. The van der Waals surface area contributed by atoms with E-state index in [0.717, 1.165) is 49.7 Å². The molecule has 0 saturated carbocycles. The summed E-state index contributed by atoms with van der Waals surface area (Å²) in [5, 5.41) is 5.20. The molecule has 6 nitrogen and oxygen atoms in total. The molecule has 3 rings (SSSR count). The third kappa shape index (κ3) is 2.61. The van der Waals surface area contributed by atoms with Gasteiger partial charge in [-0.1, -0.05) is 18.3 Å². The fraction of sp³-hybridized carbons (Fsp3) is 0.615. The van der Waals surface area contributed by atoms with Crippen LogP contribution in [0.2, 0.25) is 0 Å². The average Bonchev–Trinajstić information content (AvgIpc) is 3.05. The Morgan fingerprint density at radius 3 is 3.10 bits per heavy atom. The van der Waals surface area contributed by atoms with Gasteiger partial charge in [0.1, 0.15) is 5.01 Å². The number of aromatic nitrogens is 3. The average molecular weight is 293 g/mol. The van der Waals surface area contributed by atoms with Gasteiger partial charge >= 0.3 is 0 Å². The molecule has 1 aliphatic heterocycles. The van der Waals surface area contributed by atoms with E-state index in [2.05, 4.69) is 15.0 Å². The maximum atomic E-state index is 12.1. The first-order valence-corrected chi connectivity index (χ1v) is 7.82. The fourth-order valence-electron chi connectivity index (χ4n) is 2.60. The molecule has 1 atom stereocenters. The minimum absolute atomic E-state index is 0.0875. The monoisotopic (exact) mass is 293 g/mol. The number of nitrogens with two attached hydrogens (primary N) is 1. The second-order valence-electron chi connectivity index (χ2n) is 5.25. The lowest BCUT2D eigenvalue weighted by molar-refractivity contribution is 0.314. The van der Waals surface area contributed by atoms with Gasteiger partial charge in [-0.2, -0.15) is 9.61 Å². The van der Waals surface area contributed by atoms with Crippen LogP contribution in [0.15, 0.2) is 10.9 Å². The molecule has 1 aliphatic rings. The van der Waals surface area contributed by atoms with Crippen LogP contribution in [0.4, 0.5) is 0 Å². The Kier molecular flexibility index (Phi) is 3.82. The molecular weight excluding hydrogens is 274 g/mol. The molecule has 7 heteroatoms. The van der Waals surface area contributed by atoms with Crippen molar-refractivity contribution in [2.24, 2.45) is 11.7 Å². The normalized spacial score (nSPS) is 20.0. The van der Waals surface area contributed by atoms with E-state index in [1.165, 1.54) is 15.9 Å². The first-order chi connectivity index (χ1) is 9.69. The molecule has 108 valence electrons. The van der Waals surface area contributed by atoms with Crippen molar-refractivity contribution in [2.45, 2.75) is 26.3 Å². The van der Waals surface area contributed by atoms with Crippen LogP contribution < -0.4 is 11.3 Å². The molecule has 1 saturated heterocycles. The zero-order valence-corrected chi connectivity index (χ0v) is 12.4. The Labute approximate surface area is 121 Å². The van der Waals surface area contributed by atoms with Crippen molar-refractivity contribution in [3.05, 3.63) is 27.1 Å². The lowest BCUT2D eigenvalue weighted by Gasteiger charge is -2.14. The van der Waals surface area contributed by atoms with Gasteiger partial charge in [0.2, 0.25) is 4.96 Å². The zero-order chi connectivity index (χ0) is 14.1. The molecule has 0 aromatic carbocycles. The SMILES string of the molecule is CCc1nn2c(=O)cc(CN3CCC(CN)C3)nc2s1. The first-order valence-electron chi connectivity index (χ1n) is 7.00. The lowest BCUT2D eigenvalue weighted by atomic mass is 10.1. The number of fused-ring (bicyclic) bond motifs is 1. The number of rotatable bonds is 4. The Bertz CT molecular complexity index is 664. The third-order valence-corrected chi connectivity index (χ3v) is 4.78. The van der Waals surface area contributed by atoms with Crippen molar-refractivity contribution in [1.82, 2.24) is 19.5 Å². The van der Waals surface area contributed by atoms with Crippen molar-refractivity contribution in [3.63, 3.8) is 0 Å². The van der Waals surface area contributed by atoms with Crippen LogP contribution in [0, 0.1) is 5.92 Å². The molecule has 0 bridgehead atoms. The third-order valence-electron chi connectivity index (χ3n) is 3.73. The molecule has 0 spiro atoms. The van der Waals surface area contributed by atoms with E-state index in [0.29, 0.717) is 10.9 Å². The first kappa shape index (κ1) is 13.7. The summed E-state index contributed by atoms with van der Waals surface area (Å²) < 4.78 is 1.40. The van der Waals surface area contributed by atoms with Crippen molar-refractivity contribution >= 4 is 16.3 Å². The standard InChI is InChI=1S/C13H19N5OS/c1-2-11-16-18-12(19)5-10(15-13(18)20-11)8-17-4-3-9(6-14)7-17/h5,9H,2-4,6-8,14H2,1H3. The molecule has 2 aromatic heterocycles. The van der Waals surface area contributed by atoms with E-state index in [-0.39, 0.29) is 5.56 Å². The van der Waals surface area contributed by atoms with Gasteiger partial charge in [-0.15, -0.1) is 0 Å². The highest BCUT2D eigenvalue weighted by Crippen LogP contribution is 2.17. The minimum Gasteiger partial charge on any atom is -0.330 e. The predicted molar refractivity (Wildman–Crippen MR) is 79.0 cm³/mol. The number of likely N-dealkylation sites (tertiary alicyclic amines) is 1. The number of nitrogens with zero attached hydrogens (tertiary/aromatic N) is 4.